The second-order valence-corrected chi connectivity index (χ2v) is 5.24. The van der Waals surface area contributed by atoms with Crippen molar-refractivity contribution in [3.8, 4) is 0 Å². The normalized spacial score (nSPS) is 19.8. The highest BCUT2D eigenvalue weighted by Gasteiger charge is 2.14. The first-order valence-corrected chi connectivity index (χ1v) is 7.19. The van der Waals surface area contributed by atoms with Gasteiger partial charge in [0.1, 0.15) is 6.42 Å². The monoisotopic (exact) mass is 255 g/mol. The SMILES string of the molecule is O=C(O)CC(=O)NC1CCCCCCCCCC1. The summed E-state index contributed by atoms with van der Waals surface area (Å²) in [6.07, 6.45) is 11.5. The lowest BCUT2D eigenvalue weighted by atomic mass is 10.0. The molecule has 0 radical (unpaired) electrons. The minimum Gasteiger partial charge on any atom is -0.481 e. The number of carbonyl (C=O) groups is 2. The Morgan fingerprint density at radius 3 is 1.78 bits per heavy atom. The topological polar surface area (TPSA) is 66.4 Å². The number of carbonyl (C=O) groups excluding carboxylic acids is 1. The summed E-state index contributed by atoms with van der Waals surface area (Å²) in [4.78, 5) is 21.9. The first kappa shape index (κ1) is 15.0. The zero-order chi connectivity index (χ0) is 13.2. The number of hydrogen-bond donors (Lipinski definition) is 2. The average molecular weight is 255 g/mol. The van der Waals surface area contributed by atoms with E-state index in [2.05, 4.69) is 5.32 Å². The summed E-state index contributed by atoms with van der Waals surface area (Å²) < 4.78 is 0. The van der Waals surface area contributed by atoms with Gasteiger partial charge in [0, 0.05) is 6.04 Å². The Kier molecular flexibility index (Phi) is 7.46. The highest BCUT2D eigenvalue weighted by atomic mass is 16.4. The number of hydrogen-bond acceptors (Lipinski definition) is 2. The van der Waals surface area contributed by atoms with Crippen molar-refractivity contribution in [1.29, 1.82) is 0 Å². The molecule has 0 aromatic carbocycles. The minimum atomic E-state index is -1.05. The lowest BCUT2D eigenvalue weighted by Gasteiger charge is -2.18. The molecule has 1 fully saturated rings. The van der Waals surface area contributed by atoms with Crippen molar-refractivity contribution in [2.24, 2.45) is 0 Å². The van der Waals surface area contributed by atoms with E-state index in [-0.39, 0.29) is 11.9 Å². The van der Waals surface area contributed by atoms with Gasteiger partial charge in [-0.15, -0.1) is 0 Å². The third-order valence-electron chi connectivity index (χ3n) is 3.53. The lowest BCUT2D eigenvalue weighted by Crippen LogP contribution is -2.35. The van der Waals surface area contributed by atoms with Gasteiger partial charge in [0.05, 0.1) is 0 Å². The quantitative estimate of drug-likeness (QED) is 0.762. The van der Waals surface area contributed by atoms with Crippen molar-refractivity contribution >= 4 is 11.9 Å². The van der Waals surface area contributed by atoms with Gasteiger partial charge in [-0.3, -0.25) is 9.59 Å². The molecule has 1 saturated carbocycles. The van der Waals surface area contributed by atoms with Gasteiger partial charge in [0.25, 0.3) is 0 Å². The molecule has 0 aromatic rings. The first-order chi connectivity index (χ1) is 8.68. The van der Waals surface area contributed by atoms with Gasteiger partial charge < -0.3 is 10.4 Å². The molecule has 2 N–H and O–H groups in total. The van der Waals surface area contributed by atoms with Crippen molar-refractivity contribution in [3.05, 3.63) is 0 Å². The second-order valence-electron chi connectivity index (χ2n) is 5.24. The van der Waals surface area contributed by atoms with Crippen LogP contribution < -0.4 is 5.32 Å². The molecule has 4 heteroatoms. The van der Waals surface area contributed by atoms with Crippen LogP contribution in [-0.4, -0.2) is 23.0 Å². The molecule has 0 spiro atoms. The molecular formula is C14H25NO3. The smallest absolute Gasteiger partial charge is 0.312 e. The lowest BCUT2D eigenvalue weighted by molar-refractivity contribution is -0.140. The Labute approximate surface area is 109 Å². The van der Waals surface area contributed by atoms with Crippen LogP contribution in [0.2, 0.25) is 0 Å². The van der Waals surface area contributed by atoms with Crippen molar-refractivity contribution in [2.45, 2.75) is 76.7 Å². The van der Waals surface area contributed by atoms with E-state index in [1.165, 1.54) is 38.5 Å². The Morgan fingerprint density at radius 2 is 1.33 bits per heavy atom. The maximum atomic E-state index is 11.4. The number of aliphatic carboxylic acids is 1. The fourth-order valence-corrected chi connectivity index (χ4v) is 2.55. The van der Waals surface area contributed by atoms with Crippen molar-refractivity contribution in [3.63, 3.8) is 0 Å². The van der Waals surface area contributed by atoms with Crippen LogP contribution in [0.5, 0.6) is 0 Å². The highest BCUT2D eigenvalue weighted by molar-refractivity contribution is 5.93. The highest BCUT2D eigenvalue weighted by Crippen LogP contribution is 2.16. The average Bonchev–Trinajstić information content (AvgIpc) is 2.34. The van der Waals surface area contributed by atoms with E-state index >= 15 is 0 Å². The minimum absolute atomic E-state index is 0.176. The zero-order valence-corrected chi connectivity index (χ0v) is 11.1. The number of carboxylic acids is 1. The summed E-state index contributed by atoms with van der Waals surface area (Å²) in [6.45, 7) is 0. The molecule has 0 atom stereocenters. The van der Waals surface area contributed by atoms with Crippen LogP contribution in [0.25, 0.3) is 0 Å². The third kappa shape index (κ3) is 7.30. The van der Waals surface area contributed by atoms with E-state index < -0.39 is 12.4 Å². The third-order valence-corrected chi connectivity index (χ3v) is 3.53. The first-order valence-electron chi connectivity index (χ1n) is 7.19. The molecule has 1 aliphatic carbocycles. The molecular weight excluding hydrogens is 230 g/mol. The second kappa shape index (κ2) is 8.95. The van der Waals surface area contributed by atoms with E-state index in [4.69, 9.17) is 5.11 Å². The molecule has 4 nitrogen and oxygen atoms in total. The van der Waals surface area contributed by atoms with Crippen molar-refractivity contribution < 1.29 is 14.7 Å². The molecule has 1 rings (SSSR count). The van der Waals surface area contributed by atoms with Gasteiger partial charge in [0.15, 0.2) is 0 Å². The van der Waals surface area contributed by atoms with Gasteiger partial charge in [-0.05, 0) is 12.8 Å². The van der Waals surface area contributed by atoms with Gasteiger partial charge in [0.2, 0.25) is 5.91 Å². The van der Waals surface area contributed by atoms with Crippen LogP contribution in [0.4, 0.5) is 0 Å². The summed E-state index contributed by atoms with van der Waals surface area (Å²) in [7, 11) is 0. The number of rotatable bonds is 3. The van der Waals surface area contributed by atoms with Crippen LogP contribution in [0.1, 0.15) is 70.6 Å². The van der Waals surface area contributed by atoms with Crippen molar-refractivity contribution in [1.82, 2.24) is 5.32 Å². The largest absolute Gasteiger partial charge is 0.481 e. The predicted octanol–water partition coefficient (Wildman–Crippen LogP) is 2.86. The summed E-state index contributed by atoms with van der Waals surface area (Å²) in [6, 6.07) is 0.176. The maximum Gasteiger partial charge on any atom is 0.312 e. The maximum absolute atomic E-state index is 11.4. The fourth-order valence-electron chi connectivity index (χ4n) is 2.55. The van der Waals surface area contributed by atoms with Crippen LogP contribution >= 0.6 is 0 Å². The van der Waals surface area contributed by atoms with Gasteiger partial charge in [-0.25, -0.2) is 0 Å². The van der Waals surface area contributed by atoms with Crippen LogP contribution in [0.15, 0.2) is 0 Å². The fraction of sp³-hybridized carbons (Fsp3) is 0.857. The number of carboxylic acid groups (broad SMARTS) is 1. The molecule has 0 bridgehead atoms. The zero-order valence-electron chi connectivity index (χ0n) is 11.1. The Morgan fingerprint density at radius 1 is 0.889 bits per heavy atom. The standard InChI is InChI=1S/C14H25NO3/c16-13(11-14(17)18)15-12-9-7-5-3-1-2-4-6-8-10-12/h12H,1-11H2,(H,15,16)(H,17,18). The molecule has 0 heterocycles. The van der Waals surface area contributed by atoms with Crippen LogP contribution in [-0.2, 0) is 9.59 Å². The van der Waals surface area contributed by atoms with E-state index in [1.807, 2.05) is 0 Å². The number of amides is 1. The van der Waals surface area contributed by atoms with Crippen LogP contribution in [0, 0.1) is 0 Å². The molecule has 0 aliphatic heterocycles. The van der Waals surface area contributed by atoms with Gasteiger partial charge in [-0.2, -0.15) is 0 Å². The summed E-state index contributed by atoms with van der Waals surface area (Å²) >= 11 is 0. The number of nitrogens with one attached hydrogen (secondary N) is 1. The molecule has 1 amide bonds. The molecule has 18 heavy (non-hydrogen) atoms. The summed E-state index contributed by atoms with van der Waals surface area (Å²) in [5.74, 6) is -1.40. The van der Waals surface area contributed by atoms with Gasteiger partial charge in [-0.1, -0.05) is 51.4 Å². The van der Waals surface area contributed by atoms with Gasteiger partial charge >= 0.3 is 5.97 Å². The predicted molar refractivity (Wildman–Crippen MR) is 70.4 cm³/mol. The van der Waals surface area contributed by atoms with Crippen molar-refractivity contribution in [2.75, 3.05) is 0 Å². The molecule has 0 unspecified atom stereocenters. The Bertz CT molecular complexity index is 254. The summed E-state index contributed by atoms with van der Waals surface area (Å²) in [5, 5.41) is 11.4. The summed E-state index contributed by atoms with van der Waals surface area (Å²) in [5.41, 5.74) is 0. The Hall–Kier alpha value is -1.06. The Balaban J connectivity index is 2.33. The van der Waals surface area contributed by atoms with E-state index in [0.29, 0.717) is 0 Å². The molecule has 1 aliphatic rings. The van der Waals surface area contributed by atoms with E-state index in [9.17, 15) is 9.59 Å². The van der Waals surface area contributed by atoms with Crippen LogP contribution in [0.3, 0.4) is 0 Å². The van der Waals surface area contributed by atoms with E-state index in [1.54, 1.807) is 0 Å². The van der Waals surface area contributed by atoms with E-state index in [0.717, 1.165) is 25.7 Å². The molecule has 0 saturated heterocycles. The molecule has 0 aromatic heterocycles. The molecule has 104 valence electrons.